The number of rotatable bonds is 7. The van der Waals surface area contributed by atoms with E-state index in [2.05, 4.69) is 32.3 Å². The Labute approximate surface area is 190 Å². The number of aromatic nitrogens is 2. The maximum Gasteiger partial charge on any atom is 0.256 e. The van der Waals surface area contributed by atoms with Crippen molar-refractivity contribution in [3.05, 3.63) is 87.3 Å². The molecule has 0 spiro atoms. The third kappa shape index (κ3) is 5.52. The number of hydrogen-bond donors (Lipinski definition) is 2. The number of fused-ring (bicyclic) bond motifs is 1. The molecule has 0 saturated heterocycles. The molecule has 1 aliphatic heterocycles. The lowest BCUT2D eigenvalue weighted by atomic mass is 10.1. The number of carbonyl (C=O) groups excluding carboxylic acids is 2. The number of anilines is 1. The number of ketones is 1. The molecule has 0 unspecified atom stereocenters. The van der Waals surface area contributed by atoms with Gasteiger partial charge < -0.3 is 10.3 Å². The highest BCUT2D eigenvalue weighted by Gasteiger charge is 2.21. The van der Waals surface area contributed by atoms with Gasteiger partial charge in [-0.1, -0.05) is 54.2 Å². The van der Waals surface area contributed by atoms with Gasteiger partial charge in [0, 0.05) is 37.3 Å². The molecule has 2 heterocycles. The van der Waals surface area contributed by atoms with Crippen molar-refractivity contribution in [3.63, 3.8) is 0 Å². The zero-order valence-corrected chi connectivity index (χ0v) is 18.6. The fourth-order valence-electron chi connectivity index (χ4n) is 3.65. The Morgan fingerprint density at radius 3 is 2.75 bits per heavy atom. The summed E-state index contributed by atoms with van der Waals surface area (Å²) in [6.07, 6.45) is 0.698. The van der Waals surface area contributed by atoms with Gasteiger partial charge in [-0.25, -0.2) is 4.98 Å². The van der Waals surface area contributed by atoms with Crippen LogP contribution in [0.3, 0.4) is 0 Å². The number of H-pyrrole nitrogens is 1. The molecule has 7 nitrogen and oxygen atoms in total. The van der Waals surface area contributed by atoms with Crippen LogP contribution in [0.4, 0.5) is 5.69 Å². The van der Waals surface area contributed by atoms with Crippen LogP contribution in [-0.4, -0.2) is 38.9 Å². The molecule has 2 aromatic carbocycles. The van der Waals surface area contributed by atoms with Crippen molar-refractivity contribution in [2.75, 3.05) is 17.6 Å². The van der Waals surface area contributed by atoms with Crippen LogP contribution in [0.5, 0.6) is 0 Å². The van der Waals surface area contributed by atoms with E-state index in [9.17, 15) is 14.4 Å². The first-order valence-corrected chi connectivity index (χ1v) is 11.4. The van der Waals surface area contributed by atoms with Gasteiger partial charge in [0.25, 0.3) is 5.56 Å². The molecule has 1 aliphatic rings. The molecule has 0 atom stereocenters. The van der Waals surface area contributed by atoms with Crippen LogP contribution in [0.2, 0.25) is 0 Å². The summed E-state index contributed by atoms with van der Waals surface area (Å²) in [7, 11) is 0. The first kappa shape index (κ1) is 22.0. The minimum atomic E-state index is -0.231. The molecule has 3 aromatic rings. The van der Waals surface area contributed by atoms with Crippen molar-refractivity contribution in [1.29, 1.82) is 0 Å². The van der Waals surface area contributed by atoms with E-state index >= 15 is 0 Å². The smallest absolute Gasteiger partial charge is 0.256 e. The first-order chi connectivity index (χ1) is 15.5. The van der Waals surface area contributed by atoms with Crippen LogP contribution in [0, 0.1) is 0 Å². The van der Waals surface area contributed by atoms with Crippen molar-refractivity contribution < 1.29 is 9.59 Å². The van der Waals surface area contributed by atoms with E-state index in [1.54, 1.807) is 24.3 Å². The minimum Gasteiger partial charge on any atom is -0.325 e. The summed E-state index contributed by atoms with van der Waals surface area (Å²) in [6, 6.07) is 17.0. The number of thioether (sulfide) groups is 1. The predicted molar refractivity (Wildman–Crippen MR) is 125 cm³/mol. The number of amides is 1. The second kappa shape index (κ2) is 9.93. The molecule has 4 rings (SSSR count). The zero-order chi connectivity index (χ0) is 22.5. The van der Waals surface area contributed by atoms with Crippen LogP contribution < -0.4 is 10.9 Å². The van der Waals surface area contributed by atoms with Gasteiger partial charge in [0.1, 0.15) is 0 Å². The molecular formula is C24H24N4O3S. The highest BCUT2D eigenvalue weighted by molar-refractivity contribution is 7.99. The van der Waals surface area contributed by atoms with Crippen LogP contribution in [0.1, 0.15) is 34.1 Å². The quantitative estimate of drug-likeness (QED) is 0.327. The number of nitrogens with one attached hydrogen (secondary N) is 2. The number of Topliss-reactive ketones (excluding diaryl/α,β-unsaturated/α-hetero) is 1. The molecule has 0 bridgehead atoms. The standard InChI is InChI=1S/C24H24N4O3S/c1-16(29)18-8-5-9-19(12-18)25-22(30)15-32-24-26-21-10-11-28(14-20(21)23(31)27-24)13-17-6-3-2-4-7-17/h2-9,12H,10-11,13-15H2,1H3,(H,25,30)(H,26,27,31). The Bertz CT molecular complexity index is 1190. The maximum atomic E-state index is 12.7. The number of nitrogens with zero attached hydrogens (tertiary/aromatic N) is 2. The summed E-state index contributed by atoms with van der Waals surface area (Å²) < 4.78 is 0. The predicted octanol–water partition coefficient (Wildman–Crippen LogP) is 3.26. The molecule has 1 aromatic heterocycles. The van der Waals surface area contributed by atoms with Crippen molar-refractivity contribution in [2.45, 2.75) is 31.6 Å². The Morgan fingerprint density at radius 1 is 1.16 bits per heavy atom. The van der Waals surface area contributed by atoms with Crippen LogP contribution in [0.25, 0.3) is 0 Å². The van der Waals surface area contributed by atoms with E-state index in [4.69, 9.17) is 0 Å². The van der Waals surface area contributed by atoms with E-state index in [0.29, 0.717) is 34.9 Å². The summed E-state index contributed by atoms with van der Waals surface area (Å²) in [5, 5.41) is 3.22. The highest BCUT2D eigenvalue weighted by atomic mass is 32.2. The largest absolute Gasteiger partial charge is 0.325 e. The fraction of sp³-hybridized carbons (Fsp3) is 0.250. The van der Waals surface area contributed by atoms with Crippen LogP contribution in [0.15, 0.2) is 64.5 Å². The lowest BCUT2D eigenvalue weighted by Gasteiger charge is -2.27. The second-order valence-electron chi connectivity index (χ2n) is 7.72. The summed E-state index contributed by atoms with van der Waals surface area (Å²) in [4.78, 5) is 46.1. The molecule has 0 fully saturated rings. The summed E-state index contributed by atoms with van der Waals surface area (Å²) in [6.45, 7) is 3.66. The van der Waals surface area contributed by atoms with Gasteiger partial charge in [0.15, 0.2) is 10.9 Å². The van der Waals surface area contributed by atoms with Gasteiger partial charge >= 0.3 is 0 Å². The van der Waals surface area contributed by atoms with Gasteiger partial charge in [-0.15, -0.1) is 0 Å². The van der Waals surface area contributed by atoms with Crippen molar-refractivity contribution in [2.24, 2.45) is 0 Å². The lowest BCUT2D eigenvalue weighted by molar-refractivity contribution is -0.113. The van der Waals surface area contributed by atoms with E-state index in [-0.39, 0.29) is 23.0 Å². The molecule has 1 amide bonds. The third-order valence-corrected chi connectivity index (χ3v) is 6.14. The van der Waals surface area contributed by atoms with Gasteiger partial charge in [-0.2, -0.15) is 0 Å². The molecule has 2 N–H and O–H groups in total. The fourth-order valence-corrected chi connectivity index (χ4v) is 4.33. The van der Waals surface area contributed by atoms with Gasteiger partial charge in [-0.05, 0) is 24.6 Å². The average Bonchev–Trinajstić information content (AvgIpc) is 2.79. The molecule has 0 radical (unpaired) electrons. The Balaban J connectivity index is 1.36. The normalized spacial score (nSPS) is 13.4. The number of carbonyl (C=O) groups is 2. The molecule has 0 saturated carbocycles. The molecular weight excluding hydrogens is 424 g/mol. The third-order valence-electron chi connectivity index (χ3n) is 5.27. The van der Waals surface area contributed by atoms with E-state index in [1.807, 2.05) is 18.2 Å². The first-order valence-electron chi connectivity index (χ1n) is 10.4. The molecule has 0 aliphatic carbocycles. The topological polar surface area (TPSA) is 95.2 Å². The lowest BCUT2D eigenvalue weighted by Crippen LogP contribution is -2.35. The zero-order valence-electron chi connectivity index (χ0n) is 17.8. The second-order valence-corrected chi connectivity index (χ2v) is 8.68. The van der Waals surface area contributed by atoms with Crippen LogP contribution in [-0.2, 0) is 24.3 Å². The molecule has 8 heteroatoms. The monoisotopic (exact) mass is 448 g/mol. The van der Waals surface area contributed by atoms with Crippen LogP contribution >= 0.6 is 11.8 Å². The Morgan fingerprint density at radius 2 is 1.97 bits per heavy atom. The molecule has 32 heavy (non-hydrogen) atoms. The minimum absolute atomic E-state index is 0.0614. The van der Waals surface area contributed by atoms with Crippen molar-refractivity contribution in [3.8, 4) is 0 Å². The summed E-state index contributed by atoms with van der Waals surface area (Å²) in [5.74, 6) is -0.189. The van der Waals surface area contributed by atoms with Gasteiger partial charge in [-0.3, -0.25) is 19.3 Å². The Hall–Kier alpha value is -3.23. The number of hydrogen-bond acceptors (Lipinski definition) is 6. The summed E-state index contributed by atoms with van der Waals surface area (Å²) >= 11 is 1.19. The van der Waals surface area contributed by atoms with Gasteiger partial charge in [0.05, 0.1) is 17.0 Å². The van der Waals surface area contributed by atoms with Crippen molar-refractivity contribution >= 4 is 29.1 Å². The maximum absolute atomic E-state index is 12.7. The Kier molecular flexibility index (Phi) is 6.82. The van der Waals surface area contributed by atoms with E-state index in [1.165, 1.54) is 24.2 Å². The average molecular weight is 449 g/mol. The van der Waals surface area contributed by atoms with E-state index in [0.717, 1.165) is 18.8 Å². The molecule has 164 valence electrons. The van der Waals surface area contributed by atoms with Crippen molar-refractivity contribution in [1.82, 2.24) is 14.9 Å². The summed E-state index contributed by atoms with van der Waals surface area (Å²) in [5.41, 5.74) is 3.67. The van der Waals surface area contributed by atoms with Gasteiger partial charge in [0.2, 0.25) is 5.91 Å². The number of benzene rings is 2. The number of aromatic amines is 1. The highest BCUT2D eigenvalue weighted by Crippen LogP contribution is 2.20. The van der Waals surface area contributed by atoms with E-state index < -0.39 is 0 Å². The SMILES string of the molecule is CC(=O)c1cccc(NC(=O)CSc2nc3c(c(=O)[nH]2)CN(Cc2ccccc2)CC3)c1.